The lowest BCUT2D eigenvalue weighted by atomic mass is 10.0. The molecule has 0 spiro atoms. The van der Waals surface area contributed by atoms with E-state index < -0.39 is 34.7 Å². The Morgan fingerprint density at radius 3 is 2.23 bits per heavy atom. The first kappa shape index (κ1) is 21.8. The lowest BCUT2D eigenvalue weighted by molar-refractivity contribution is -0.123. The average Bonchev–Trinajstić information content (AvgIpc) is 2.71. The van der Waals surface area contributed by atoms with Gasteiger partial charge in [-0.05, 0) is 53.6 Å². The Morgan fingerprint density at radius 2 is 1.60 bits per heavy atom. The van der Waals surface area contributed by atoms with E-state index in [1.165, 1.54) is 24.3 Å². The summed E-state index contributed by atoms with van der Waals surface area (Å²) in [5.74, 6) is -0.936. The van der Waals surface area contributed by atoms with E-state index in [9.17, 15) is 26.4 Å². The number of benzene rings is 3. The summed E-state index contributed by atoms with van der Waals surface area (Å²) in [4.78, 5) is 11.7. The molecule has 30 heavy (non-hydrogen) atoms. The van der Waals surface area contributed by atoms with Gasteiger partial charge in [0.05, 0.1) is 4.90 Å². The van der Waals surface area contributed by atoms with Gasteiger partial charge in [0, 0.05) is 11.6 Å². The summed E-state index contributed by atoms with van der Waals surface area (Å²) in [7, 11) is -3.90. The first-order valence-corrected chi connectivity index (χ1v) is 10.5. The molecule has 2 N–H and O–H groups in total. The van der Waals surface area contributed by atoms with Crippen molar-refractivity contribution in [1.29, 1.82) is 0 Å². The van der Waals surface area contributed by atoms with Crippen LogP contribution in [0.3, 0.4) is 0 Å². The maximum absolute atomic E-state index is 12.7. The lowest BCUT2D eigenvalue weighted by Crippen LogP contribution is -2.33. The number of halogens is 3. The topological polar surface area (TPSA) is 75.3 Å². The van der Waals surface area contributed by atoms with Gasteiger partial charge in [-0.3, -0.25) is 4.79 Å². The molecule has 0 heterocycles. The predicted molar refractivity (Wildman–Crippen MR) is 108 cm³/mol. The molecule has 3 rings (SSSR count). The summed E-state index contributed by atoms with van der Waals surface area (Å²) >= 11 is 0. The van der Waals surface area contributed by atoms with Gasteiger partial charge in [-0.25, -0.2) is 13.1 Å². The van der Waals surface area contributed by atoms with Crippen molar-refractivity contribution >= 4 is 26.7 Å². The summed E-state index contributed by atoms with van der Waals surface area (Å²) < 4.78 is 64.5. The Balaban J connectivity index is 1.72. The first-order valence-electron chi connectivity index (χ1n) is 9.01. The number of hydrogen-bond acceptors (Lipinski definition) is 3. The Hall–Kier alpha value is -2.91. The molecule has 0 aliphatic carbocycles. The minimum Gasteiger partial charge on any atom is -0.343 e. The molecule has 5 nitrogen and oxygen atoms in total. The second-order valence-electron chi connectivity index (χ2n) is 6.77. The molecule has 3 aromatic carbocycles. The Kier molecular flexibility index (Phi) is 6.14. The minimum absolute atomic E-state index is 0.0687. The van der Waals surface area contributed by atoms with Crippen molar-refractivity contribution in [3.05, 3.63) is 77.9 Å². The highest BCUT2D eigenvalue weighted by Gasteiger charge is 2.28. The number of amides is 1. The quantitative estimate of drug-likeness (QED) is 0.609. The summed E-state index contributed by atoms with van der Waals surface area (Å²) in [6.45, 7) is 0.247. The Morgan fingerprint density at radius 1 is 0.967 bits per heavy atom. The Bertz CT molecular complexity index is 1160. The van der Waals surface area contributed by atoms with Crippen LogP contribution in [-0.4, -0.2) is 27.0 Å². The van der Waals surface area contributed by atoms with Crippen LogP contribution in [0, 0.1) is 0 Å². The van der Waals surface area contributed by atoms with Crippen molar-refractivity contribution in [2.45, 2.75) is 24.0 Å². The van der Waals surface area contributed by atoms with E-state index in [4.69, 9.17) is 0 Å². The van der Waals surface area contributed by atoms with Gasteiger partial charge >= 0.3 is 6.18 Å². The molecule has 0 bridgehead atoms. The zero-order valence-corrected chi connectivity index (χ0v) is 16.7. The number of carbonyl (C=O) groups is 1. The molecule has 0 aliphatic heterocycles. The third-order valence-corrected chi connectivity index (χ3v) is 6.04. The van der Waals surface area contributed by atoms with E-state index in [-0.39, 0.29) is 10.5 Å². The summed E-state index contributed by atoms with van der Waals surface area (Å²) in [5, 5.41) is 3.76. The molecule has 0 aliphatic rings. The van der Waals surface area contributed by atoms with Gasteiger partial charge in [0.15, 0.2) is 0 Å². The van der Waals surface area contributed by atoms with E-state index in [1.807, 2.05) is 42.5 Å². The van der Waals surface area contributed by atoms with Crippen molar-refractivity contribution in [3.63, 3.8) is 0 Å². The summed E-state index contributed by atoms with van der Waals surface area (Å²) in [6.07, 6.45) is -4.53. The number of fused-ring (bicyclic) bond motifs is 1. The fraction of sp³-hybridized carbons (Fsp3) is 0.190. The number of sulfonamides is 1. The number of carbonyl (C=O) groups excluding carboxylic acids is 1. The number of hydrogen-bond donors (Lipinski definition) is 2. The van der Waals surface area contributed by atoms with E-state index in [0.717, 1.165) is 16.3 Å². The fourth-order valence-corrected chi connectivity index (χ4v) is 4.15. The molecule has 1 amide bonds. The highest BCUT2D eigenvalue weighted by atomic mass is 32.2. The summed E-state index contributed by atoms with van der Waals surface area (Å²) in [5.41, 5.74) is 0.709. The van der Waals surface area contributed by atoms with Crippen LogP contribution in [-0.2, 0) is 10.0 Å². The zero-order chi connectivity index (χ0) is 21.9. The number of alkyl halides is 3. The molecule has 0 radical (unpaired) electrons. The van der Waals surface area contributed by atoms with Crippen molar-refractivity contribution in [2.75, 3.05) is 6.54 Å². The second kappa shape index (κ2) is 8.45. The normalized spacial score (nSPS) is 13.2. The van der Waals surface area contributed by atoms with Gasteiger partial charge < -0.3 is 5.32 Å². The highest BCUT2D eigenvalue weighted by molar-refractivity contribution is 7.89. The SMILES string of the molecule is CC(NS(=O)(=O)c1ccc(C(=O)NCC(F)(F)F)cc1)c1ccc2ccccc2c1. The molecule has 158 valence electrons. The molecular formula is C21H19F3N2O3S. The van der Waals surface area contributed by atoms with Gasteiger partial charge in [-0.15, -0.1) is 0 Å². The van der Waals surface area contributed by atoms with Crippen LogP contribution in [0.4, 0.5) is 13.2 Å². The molecule has 1 atom stereocenters. The molecule has 0 fully saturated rings. The maximum Gasteiger partial charge on any atom is 0.405 e. The third kappa shape index (κ3) is 5.37. The van der Waals surface area contributed by atoms with Gasteiger partial charge in [-0.1, -0.05) is 36.4 Å². The maximum atomic E-state index is 12.7. The van der Waals surface area contributed by atoms with Crippen LogP contribution in [0.15, 0.2) is 71.6 Å². The number of rotatable bonds is 6. The smallest absolute Gasteiger partial charge is 0.343 e. The van der Waals surface area contributed by atoms with E-state index in [2.05, 4.69) is 4.72 Å². The van der Waals surface area contributed by atoms with Crippen LogP contribution in [0.2, 0.25) is 0 Å². The second-order valence-corrected chi connectivity index (χ2v) is 8.49. The molecule has 0 aromatic heterocycles. The average molecular weight is 436 g/mol. The molecule has 0 saturated carbocycles. The van der Waals surface area contributed by atoms with E-state index in [0.29, 0.717) is 0 Å². The zero-order valence-electron chi connectivity index (χ0n) is 15.9. The van der Waals surface area contributed by atoms with Crippen molar-refractivity contribution in [2.24, 2.45) is 0 Å². The Labute approximate surface area is 172 Å². The standard InChI is InChI=1S/C21H19F3N2O3S/c1-14(17-7-6-15-4-2-3-5-18(15)12-17)26-30(28,29)19-10-8-16(9-11-19)20(27)25-13-21(22,23)24/h2-12,14,26H,13H2,1H3,(H,25,27). The van der Waals surface area contributed by atoms with Crippen LogP contribution in [0.1, 0.15) is 28.9 Å². The van der Waals surface area contributed by atoms with Crippen molar-refractivity contribution in [1.82, 2.24) is 10.0 Å². The van der Waals surface area contributed by atoms with Crippen LogP contribution in [0.5, 0.6) is 0 Å². The molecule has 9 heteroatoms. The molecule has 3 aromatic rings. The third-order valence-electron chi connectivity index (χ3n) is 4.48. The predicted octanol–water partition coefficient (Wildman–Crippen LogP) is 4.17. The molecular weight excluding hydrogens is 417 g/mol. The van der Waals surface area contributed by atoms with Crippen LogP contribution in [0.25, 0.3) is 10.8 Å². The number of nitrogens with one attached hydrogen (secondary N) is 2. The lowest BCUT2D eigenvalue weighted by Gasteiger charge is -2.16. The highest BCUT2D eigenvalue weighted by Crippen LogP contribution is 2.22. The van der Waals surface area contributed by atoms with Gasteiger partial charge in [0.2, 0.25) is 10.0 Å². The van der Waals surface area contributed by atoms with Gasteiger partial charge in [-0.2, -0.15) is 13.2 Å². The van der Waals surface area contributed by atoms with Crippen LogP contribution < -0.4 is 10.0 Å². The van der Waals surface area contributed by atoms with Gasteiger partial charge in [0.25, 0.3) is 5.91 Å². The monoisotopic (exact) mass is 436 g/mol. The van der Waals surface area contributed by atoms with E-state index in [1.54, 1.807) is 12.2 Å². The minimum atomic E-state index is -4.53. The fourth-order valence-electron chi connectivity index (χ4n) is 2.91. The largest absolute Gasteiger partial charge is 0.405 e. The van der Waals surface area contributed by atoms with Crippen LogP contribution >= 0.6 is 0 Å². The summed E-state index contributed by atoms with van der Waals surface area (Å²) in [6, 6.07) is 17.5. The molecule has 0 saturated heterocycles. The van der Waals surface area contributed by atoms with E-state index >= 15 is 0 Å². The van der Waals surface area contributed by atoms with Crippen molar-refractivity contribution in [3.8, 4) is 0 Å². The van der Waals surface area contributed by atoms with Gasteiger partial charge in [0.1, 0.15) is 6.54 Å². The van der Waals surface area contributed by atoms with Crippen molar-refractivity contribution < 1.29 is 26.4 Å². The first-order chi connectivity index (χ1) is 14.0. The molecule has 1 unspecified atom stereocenters.